The quantitative estimate of drug-likeness (QED) is 0.547. The molecule has 0 radical (unpaired) electrons. The Bertz CT molecular complexity index is 919. The number of hydrogen-bond donors (Lipinski definition) is 4. The van der Waals surface area contributed by atoms with Gasteiger partial charge in [0.2, 0.25) is 0 Å². The van der Waals surface area contributed by atoms with Gasteiger partial charge in [0.25, 0.3) is 0 Å². The fourth-order valence-corrected chi connectivity index (χ4v) is 4.36. The zero-order valence-electron chi connectivity index (χ0n) is 17.3. The largest absolute Gasteiger partial charge is 0.507 e. The molecule has 0 bridgehead atoms. The minimum Gasteiger partial charge on any atom is -0.507 e. The Morgan fingerprint density at radius 1 is 1.27 bits per heavy atom. The van der Waals surface area contributed by atoms with Gasteiger partial charge in [0, 0.05) is 54.3 Å². The van der Waals surface area contributed by atoms with Gasteiger partial charge in [-0.3, -0.25) is 9.88 Å². The van der Waals surface area contributed by atoms with Crippen LogP contribution < -0.4 is 26.0 Å². The van der Waals surface area contributed by atoms with Crippen molar-refractivity contribution in [2.75, 3.05) is 13.1 Å². The van der Waals surface area contributed by atoms with Crippen LogP contribution in [0.1, 0.15) is 44.4 Å². The number of nitrogens with one attached hydrogen (secondary N) is 3. The van der Waals surface area contributed by atoms with Crippen molar-refractivity contribution >= 4 is 17.3 Å². The van der Waals surface area contributed by atoms with Crippen LogP contribution in [0.5, 0.6) is 17.2 Å². The third-order valence-corrected chi connectivity index (χ3v) is 5.34. The van der Waals surface area contributed by atoms with Gasteiger partial charge in [-0.25, -0.2) is 0 Å². The van der Waals surface area contributed by atoms with Crippen molar-refractivity contribution in [3.63, 3.8) is 0 Å². The van der Waals surface area contributed by atoms with E-state index in [0.717, 1.165) is 30.6 Å². The number of phenolic OH excluding ortho intramolecular Hbond substituents is 1. The molecule has 4 N–H and O–H groups in total. The Balaban J connectivity index is 1.57. The van der Waals surface area contributed by atoms with Gasteiger partial charge in [-0.05, 0) is 63.2 Å². The molecule has 160 valence electrons. The van der Waals surface area contributed by atoms with Crippen molar-refractivity contribution in [1.29, 1.82) is 0 Å². The smallest absolute Gasteiger partial charge is 0.199 e. The highest BCUT2D eigenvalue weighted by Gasteiger charge is 2.33. The highest BCUT2D eigenvalue weighted by atomic mass is 32.1. The van der Waals surface area contributed by atoms with Crippen LogP contribution in [0, 0.1) is 0 Å². The molecular formula is C21H27N5O3S. The number of benzene rings is 1. The van der Waals surface area contributed by atoms with Crippen molar-refractivity contribution in [2.45, 2.75) is 44.8 Å². The number of rotatable bonds is 4. The van der Waals surface area contributed by atoms with Crippen molar-refractivity contribution in [3.05, 3.63) is 47.8 Å². The van der Waals surface area contributed by atoms with Gasteiger partial charge in [-0.15, -0.1) is 0 Å². The first-order valence-corrected chi connectivity index (χ1v) is 10.4. The summed E-state index contributed by atoms with van der Waals surface area (Å²) < 4.78 is 0. The molecule has 1 fully saturated rings. The molecule has 4 rings (SSSR count). The van der Waals surface area contributed by atoms with Crippen LogP contribution in [0.3, 0.4) is 0 Å². The summed E-state index contributed by atoms with van der Waals surface area (Å²) in [5.74, 6) is 1.17. The number of fused-ring (bicyclic) bond motifs is 1. The van der Waals surface area contributed by atoms with Crippen LogP contribution in [-0.2, 0) is 0 Å². The van der Waals surface area contributed by atoms with Gasteiger partial charge in [-0.2, -0.15) is 0 Å². The summed E-state index contributed by atoms with van der Waals surface area (Å²) in [7, 11) is 0. The highest BCUT2D eigenvalue weighted by Crippen LogP contribution is 2.43. The van der Waals surface area contributed by atoms with Crippen LogP contribution in [0.4, 0.5) is 0 Å². The Hall–Kier alpha value is -2.62. The van der Waals surface area contributed by atoms with Crippen molar-refractivity contribution in [2.24, 2.45) is 0 Å². The van der Waals surface area contributed by atoms with E-state index in [0.29, 0.717) is 16.6 Å². The molecule has 2 aliphatic heterocycles. The molecule has 8 nitrogen and oxygen atoms in total. The first-order chi connectivity index (χ1) is 14.3. The van der Waals surface area contributed by atoms with Crippen LogP contribution in [-0.4, -0.2) is 44.8 Å². The lowest BCUT2D eigenvalue weighted by Gasteiger charge is -2.30. The lowest BCUT2D eigenvalue weighted by atomic mass is 9.96. The normalized spacial score (nSPS) is 19.5. The average molecular weight is 430 g/mol. The summed E-state index contributed by atoms with van der Waals surface area (Å²) in [6.45, 7) is 7.88. The first-order valence-electron chi connectivity index (χ1n) is 9.98. The molecule has 0 spiro atoms. The Kier molecular flexibility index (Phi) is 5.68. The summed E-state index contributed by atoms with van der Waals surface area (Å²) in [4.78, 5) is 16.9. The van der Waals surface area contributed by atoms with Gasteiger partial charge in [0.15, 0.2) is 16.6 Å². The molecule has 0 saturated carbocycles. The van der Waals surface area contributed by atoms with E-state index in [1.807, 2.05) is 18.2 Å². The van der Waals surface area contributed by atoms with Crippen LogP contribution in [0.15, 0.2) is 36.7 Å². The molecule has 9 heteroatoms. The second-order valence-electron chi connectivity index (χ2n) is 8.66. The predicted molar refractivity (Wildman–Crippen MR) is 117 cm³/mol. The first kappa shape index (κ1) is 20.6. The molecule has 2 aromatic rings. The molecule has 30 heavy (non-hydrogen) atoms. The molecule has 0 aliphatic carbocycles. The van der Waals surface area contributed by atoms with E-state index >= 15 is 0 Å². The molecule has 1 aromatic carbocycles. The maximum absolute atomic E-state index is 10.8. The predicted octanol–water partition coefficient (Wildman–Crippen LogP) is 2.40. The van der Waals surface area contributed by atoms with Gasteiger partial charge in [-0.1, -0.05) is 0 Å². The van der Waals surface area contributed by atoms with Gasteiger partial charge >= 0.3 is 0 Å². The van der Waals surface area contributed by atoms with E-state index < -0.39 is 0 Å². The minimum absolute atomic E-state index is 0.0890. The second-order valence-corrected chi connectivity index (χ2v) is 9.07. The maximum atomic E-state index is 10.8. The summed E-state index contributed by atoms with van der Waals surface area (Å²) in [5.41, 5.74) is 4.08. The van der Waals surface area contributed by atoms with E-state index in [4.69, 9.17) is 21.9 Å². The summed E-state index contributed by atoms with van der Waals surface area (Å²) >= 11 is 5.48. The highest BCUT2D eigenvalue weighted by molar-refractivity contribution is 7.80. The van der Waals surface area contributed by atoms with Gasteiger partial charge in [0.1, 0.15) is 5.75 Å². The molecule has 0 amide bonds. The SMILES string of the molecule is CC(C)(C)NC(=S)N[C@@H]1CCN(C(c2ccncc2)c2cc3c(cc2O)ONO3)C1. The standard InChI is InChI=1S/C21H27N5O3S/c1-21(2,3)24-20(30)23-14-6-9-26(12-14)19(13-4-7-22-8-5-13)15-10-17-18(11-16(15)27)29-25-28-17/h4-5,7-8,10-11,14,19,25,27H,6,9,12H2,1-3H3,(H2,23,24,30)/t14-,19?/m1/s1. The Morgan fingerprint density at radius 3 is 2.67 bits per heavy atom. The topological polar surface area (TPSA) is 90.9 Å². The van der Waals surface area contributed by atoms with Crippen molar-refractivity contribution < 1.29 is 14.8 Å². The number of nitrogens with zero attached hydrogens (tertiary/aromatic N) is 2. The number of aromatic nitrogens is 1. The molecule has 1 saturated heterocycles. The molecule has 3 heterocycles. The average Bonchev–Trinajstić information content (AvgIpc) is 3.31. The number of pyridine rings is 1. The van der Waals surface area contributed by atoms with Crippen molar-refractivity contribution in [3.8, 4) is 17.2 Å². The van der Waals surface area contributed by atoms with Crippen LogP contribution in [0.2, 0.25) is 0 Å². The maximum Gasteiger partial charge on any atom is 0.199 e. The van der Waals surface area contributed by atoms with Crippen molar-refractivity contribution in [1.82, 2.24) is 26.2 Å². The number of aromatic hydroxyl groups is 1. The number of thiocarbonyl (C=S) groups is 1. The third-order valence-electron chi connectivity index (χ3n) is 5.12. The zero-order valence-corrected chi connectivity index (χ0v) is 18.1. The molecule has 2 aliphatic rings. The third kappa shape index (κ3) is 4.58. The number of hydrogen-bond acceptors (Lipinski definition) is 7. The lowest BCUT2D eigenvalue weighted by Crippen LogP contribution is -2.50. The minimum atomic E-state index is -0.154. The molecular weight excluding hydrogens is 402 g/mol. The molecule has 1 aromatic heterocycles. The van der Waals surface area contributed by atoms with Gasteiger partial charge in [0.05, 0.1) is 6.04 Å². The summed E-state index contributed by atoms with van der Waals surface area (Å²) in [6.07, 6.45) is 4.48. The van der Waals surface area contributed by atoms with Gasteiger partial charge < -0.3 is 25.4 Å². The number of phenols is 1. The van der Waals surface area contributed by atoms with Crippen LogP contribution >= 0.6 is 12.2 Å². The van der Waals surface area contributed by atoms with E-state index in [1.54, 1.807) is 18.5 Å². The van der Waals surface area contributed by atoms with E-state index in [9.17, 15) is 5.11 Å². The summed E-state index contributed by atoms with van der Waals surface area (Å²) in [5, 5.41) is 18.1. The van der Waals surface area contributed by atoms with E-state index in [-0.39, 0.29) is 23.4 Å². The number of likely N-dealkylation sites (tertiary alicyclic amines) is 1. The molecule has 1 unspecified atom stereocenters. The monoisotopic (exact) mass is 429 g/mol. The van der Waals surface area contributed by atoms with E-state index in [2.05, 4.69) is 46.9 Å². The zero-order chi connectivity index (χ0) is 21.3. The fourth-order valence-electron chi connectivity index (χ4n) is 3.89. The lowest BCUT2D eigenvalue weighted by molar-refractivity contribution is 0.0259. The Labute approximate surface area is 181 Å². The Morgan fingerprint density at radius 2 is 1.97 bits per heavy atom. The fraction of sp³-hybridized carbons (Fsp3) is 0.429. The second kappa shape index (κ2) is 8.25. The van der Waals surface area contributed by atoms with E-state index in [1.165, 1.54) is 0 Å². The van der Waals surface area contributed by atoms with Crippen LogP contribution in [0.25, 0.3) is 0 Å². The molecule has 2 atom stereocenters. The summed E-state index contributed by atoms with van der Waals surface area (Å²) in [6, 6.07) is 7.40.